The summed E-state index contributed by atoms with van der Waals surface area (Å²) in [5.41, 5.74) is -1.95. The van der Waals surface area contributed by atoms with Gasteiger partial charge >= 0.3 is 11.7 Å². The second-order valence-corrected chi connectivity index (χ2v) is 10.6. The first-order valence-corrected chi connectivity index (χ1v) is 13.1. The van der Waals surface area contributed by atoms with Crippen molar-refractivity contribution in [2.75, 3.05) is 6.61 Å². The van der Waals surface area contributed by atoms with E-state index in [1.54, 1.807) is 6.92 Å². The molecule has 0 radical (unpaired) electrons. The third-order valence-electron chi connectivity index (χ3n) is 6.27. The van der Waals surface area contributed by atoms with Crippen molar-refractivity contribution < 1.29 is 23.8 Å². The number of nitrogens with zero attached hydrogens (tertiary/aromatic N) is 3. The molecule has 1 atom stereocenters. The highest BCUT2D eigenvalue weighted by Crippen LogP contribution is 2.37. The molecule has 0 aliphatic rings. The van der Waals surface area contributed by atoms with Gasteiger partial charge in [0.2, 0.25) is 5.89 Å². The summed E-state index contributed by atoms with van der Waals surface area (Å²) in [5.74, 6) is -0.380. The number of carboxylic acids is 1. The number of ether oxygens (including phenoxy) is 2. The third-order valence-corrected chi connectivity index (χ3v) is 7.57. The number of para-hydroxylation sites is 1. The van der Waals surface area contributed by atoms with E-state index in [9.17, 15) is 19.5 Å². The first kappa shape index (κ1) is 27.3. The molecule has 38 heavy (non-hydrogen) atoms. The van der Waals surface area contributed by atoms with Crippen molar-refractivity contribution in [1.82, 2.24) is 14.1 Å². The van der Waals surface area contributed by atoms with Crippen molar-refractivity contribution in [2.24, 2.45) is 0 Å². The Hall–Kier alpha value is -3.70. The van der Waals surface area contributed by atoms with Crippen molar-refractivity contribution in [3.8, 4) is 16.5 Å². The highest BCUT2D eigenvalue weighted by atomic mass is 32.1. The van der Waals surface area contributed by atoms with Gasteiger partial charge < -0.3 is 19.0 Å². The summed E-state index contributed by atoms with van der Waals surface area (Å²) in [4.78, 5) is 45.1. The second kappa shape index (κ2) is 10.6. The van der Waals surface area contributed by atoms with Crippen LogP contribution in [-0.4, -0.2) is 37.9 Å². The number of benzene rings is 1. The highest BCUT2D eigenvalue weighted by Gasteiger charge is 2.36. The lowest BCUT2D eigenvalue weighted by atomic mass is 10.1. The van der Waals surface area contributed by atoms with Gasteiger partial charge in [0.15, 0.2) is 0 Å². The van der Waals surface area contributed by atoms with Gasteiger partial charge in [-0.25, -0.2) is 19.1 Å². The Bertz CT molecular complexity index is 1580. The molecule has 0 amide bonds. The van der Waals surface area contributed by atoms with E-state index in [1.165, 1.54) is 42.2 Å². The van der Waals surface area contributed by atoms with Crippen molar-refractivity contribution in [1.29, 1.82) is 0 Å². The molecule has 11 heteroatoms. The molecule has 1 aromatic carbocycles. The molecule has 0 bridgehead atoms. The molecule has 0 spiro atoms. The number of hydrogen-bond acceptors (Lipinski definition) is 8. The molecule has 4 rings (SSSR count). The molecule has 0 fully saturated rings. The predicted octanol–water partition coefficient (Wildman–Crippen LogP) is 4.57. The van der Waals surface area contributed by atoms with Crippen LogP contribution >= 0.6 is 11.3 Å². The SMILES string of the molecule is CCOc1ccccc1[C@H](Cn1c(=O)n(C(C)(C)C(=O)O)c(=O)c2c(C)c(-c3ncco3)sc21)OC(C)C. The molecule has 4 aromatic rings. The van der Waals surface area contributed by atoms with E-state index in [2.05, 4.69) is 4.98 Å². The number of aliphatic carboxylic acids is 1. The smallest absolute Gasteiger partial charge is 0.333 e. The molecule has 0 saturated heterocycles. The van der Waals surface area contributed by atoms with Crippen LogP contribution < -0.4 is 16.0 Å². The van der Waals surface area contributed by atoms with Crippen LogP contribution in [0.2, 0.25) is 0 Å². The first-order valence-electron chi connectivity index (χ1n) is 12.3. The van der Waals surface area contributed by atoms with Crippen LogP contribution in [0.4, 0.5) is 0 Å². The molecule has 0 unspecified atom stereocenters. The van der Waals surface area contributed by atoms with Crippen LogP contribution in [0.1, 0.15) is 51.8 Å². The monoisotopic (exact) mass is 541 g/mol. The van der Waals surface area contributed by atoms with Crippen LogP contribution in [0.15, 0.2) is 50.7 Å². The molecule has 10 nitrogen and oxygen atoms in total. The fourth-order valence-corrected chi connectivity index (χ4v) is 5.62. The Morgan fingerprint density at radius 3 is 2.55 bits per heavy atom. The van der Waals surface area contributed by atoms with Crippen molar-refractivity contribution in [3.63, 3.8) is 0 Å². The second-order valence-electron chi connectivity index (χ2n) is 9.62. The molecule has 0 aliphatic carbocycles. The van der Waals surface area contributed by atoms with Gasteiger partial charge in [-0.3, -0.25) is 9.36 Å². The van der Waals surface area contributed by atoms with E-state index in [-0.39, 0.29) is 18.0 Å². The van der Waals surface area contributed by atoms with Crippen molar-refractivity contribution >= 4 is 27.5 Å². The molecule has 202 valence electrons. The lowest BCUT2D eigenvalue weighted by Gasteiger charge is -2.26. The Morgan fingerprint density at radius 2 is 1.95 bits per heavy atom. The molecule has 3 aromatic heterocycles. The van der Waals surface area contributed by atoms with Gasteiger partial charge in [0.05, 0.1) is 35.7 Å². The minimum Gasteiger partial charge on any atom is -0.493 e. The fraction of sp³-hybridized carbons (Fsp3) is 0.407. The molecule has 3 heterocycles. The average Bonchev–Trinajstić information content (AvgIpc) is 3.49. The van der Waals surface area contributed by atoms with Crippen LogP contribution in [0.25, 0.3) is 21.0 Å². The van der Waals surface area contributed by atoms with E-state index in [0.717, 1.165) is 10.1 Å². The summed E-state index contributed by atoms with van der Waals surface area (Å²) < 4.78 is 19.8. The summed E-state index contributed by atoms with van der Waals surface area (Å²) in [6.07, 6.45) is 2.09. The van der Waals surface area contributed by atoms with Crippen LogP contribution in [0.5, 0.6) is 5.75 Å². The summed E-state index contributed by atoms with van der Waals surface area (Å²) in [6, 6.07) is 7.41. The lowest BCUT2D eigenvalue weighted by Crippen LogP contribution is -2.52. The Kier molecular flexibility index (Phi) is 7.61. The third kappa shape index (κ3) is 4.79. The lowest BCUT2D eigenvalue weighted by molar-refractivity contribution is -0.146. The number of hydrogen-bond donors (Lipinski definition) is 1. The van der Waals surface area contributed by atoms with E-state index in [1.807, 2.05) is 45.0 Å². The van der Waals surface area contributed by atoms with Gasteiger partial charge in [0, 0.05) is 5.56 Å². The normalized spacial score (nSPS) is 12.8. The Labute approximate surface area is 223 Å². The Morgan fingerprint density at radius 1 is 1.24 bits per heavy atom. The highest BCUT2D eigenvalue weighted by molar-refractivity contribution is 7.22. The molecule has 0 aliphatic heterocycles. The van der Waals surface area contributed by atoms with E-state index in [0.29, 0.717) is 33.5 Å². The van der Waals surface area contributed by atoms with Crippen LogP contribution in [0, 0.1) is 6.92 Å². The maximum Gasteiger partial charge on any atom is 0.333 e. The number of carbonyl (C=O) groups is 1. The van der Waals surface area contributed by atoms with Gasteiger partial charge in [-0.05, 0) is 53.2 Å². The molecular weight excluding hydrogens is 510 g/mol. The molecule has 1 N–H and O–H groups in total. The largest absolute Gasteiger partial charge is 0.493 e. The van der Waals surface area contributed by atoms with Gasteiger partial charge in [0.1, 0.15) is 28.5 Å². The number of carboxylic acid groups (broad SMARTS) is 1. The first-order chi connectivity index (χ1) is 18.0. The predicted molar refractivity (Wildman–Crippen MR) is 144 cm³/mol. The van der Waals surface area contributed by atoms with Crippen LogP contribution in [0.3, 0.4) is 0 Å². The zero-order valence-electron chi connectivity index (χ0n) is 22.2. The van der Waals surface area contributed by atoms with Gasteiger partial charge in [0.25, 0.3) is 5.56 Å². The average molecular weight is 542 g/mol. The zero-order valence-corrected chi connectivity index (χ0v) is 23.0. The van der Waals surface area contributed by atoms with Gasteiger partial charge in [-0.2, -0.15) is 0 Å². The molecular formula is C27H31N3O7S. The number of oxazole rings is 1. The zero-order chi connectivity index (χ0) is 27.8. The number of aromatic nitrogens is 3. The maximum atomic E-state index is 14.0. The van der Waals surface area contributed by atoms with Crippen LogP contribution in [-0.2, 0) is 21.6 Å². The minimum absolute atomic E-state index is 0.0125. The number of fused-ring (bicyclic) bond motifs is 1. The summed E-state index contributed by atoms with van der Waals surface area (Å²) >= 11 is 1.19. The number of aryl methyl sites for hydroxylation is 1. The number of rotatable bonds is 10. The quantitative estimate of drug-likeness (QED) is 0.309. The van der Waals surface area contributed by atoms with Crippen molar-refractivity contribution in [3.05, 3.63) is 68.7 Å². The van der Waals surface area contributed by atoms with Gasteiger partial charge in [-0.1, -0.05) is 18.2 Å². The maximum absolute atomic E-state index is 14.0. The Balaban J connectivity index is 2.04. The topological polar surface area (TPSA) is 126 Å². The van der Waals surface area contributed by atoms with E-state index < -0.39 is 28.9 Å². The number of thiophene rings is 1. The molecule has 0 saturated carbocycles. The summed E-state index contributed by atoms with van der Waals surface area (Å²) in [5, 5.41) is 10.2. The van der Waals surface area contributed by atoms with E-state index in [4.69, 9.17) is 13.9 Å². The van der Waals surface area contributed by atoms with Crippen molar-refractivity contribution in [2.45, 2.75) is 65.8 Å². The summed E-state index contributed by atoms with van der Waals surface area (Å²) in [6.45, 7) is 10.5. The summed E-state index contributed by atoms with van der Waals surface area (Å²) in [7, 11) is 0. The minimum atomic E-state index is -1.81. The standard InChI is InChI=1S/C27H31N3O7S/c1-7-35-18-11-9-8-10-17(18)19(37-15(2)3)14-29-24-20(16(4)21(38-24)22-28-12-13-36-22)23(31)30(26(29)34)27(5,6)25(32)33/h8-13,15,19H,7,14H2,1-6H3,(H,32,33)/t19-/m0/s1. The van der Waals surface area contributed by atoms with Gasteiger partial charge in [-0.15, -0.1) is 11.3 Å². The van der Waals surface area contributed by atoms with E-state index >= 15 is 0 Å². The fourth-order valence-electron chi connectivity index (χ4n) is 4.38.